The Balaban J connectivity index is 2.18. The van der Waals surface area contributed by atoms with Crippen molar-refractivity contribution < 1.29 is 28.2 Å². The van der Waals surface area contributed by atoms with Crippen LogP contribution in [-0.4, -0.2) is 47.2 Å². The zero-order chi connectivity index (χ0) is 15.4. The fourth-order valence-electron chi connectivity index (χ4n) is 2.13. The number of rotatable bonds is 7. The van der Waals surface area contributed by atoms with Gasteiger partial charge in [0.15, 0.2) is 0 Å². The highest BCUT2D eigenvalue weighted by atomic mass is 19.3. The Kier molecular flexibility index (Phi) is 4.87. The molecule has 0 amide bonds. The number of furan rings is 1. The molecule has 0 aliphatic heterocycles. The lowest BCUT2D eigenvalue weighted by Crippen LogP contribution is -2.31. The fourth-order valence-corrected chi connectivity index (χ4v) is 2.13. The minimum absolute atomic E-state index is 0.147. The van der Waals surface area contributed by atoms with Crippen LogP contribution in [0, 0.1) is 0 Å². The molecule has 1 heterocycles. The molecule has 0 fully saturated rings. The first kappa shape index (κ1) is 15.4. The Morgan fingerprint density at radius 3 is 2.71 bits per heavy atom. The lowest BCUT2D eigenvalue weighted by Gasteiger charge is -2.20. The van der Waals surface area contributed by atoms with E-state index in [0.29, 0.717) is 11.0 Å². The molecule has 0 radical (unpaired) electrons. The van der Waals surface area contributed by atoms with Crippen LogP contribution in [0.15, 0.2) is 28.7 Å². The van der Waals surface area contributed by atoms with E-state index in [1.165, 1.54) is 11.0 Å². The molecule has 7 heteroatoms. The van der Waals surface area contributed by atoms with Crippen LogP contribution in [0.3, 0.4) is 0 Å². The summed E-state index contributed by atoms with van der Waals surface area (Å²) in [5.74, 6) is -1.32. The largest absolute Gasteiger partial charge is 0.475 e. The molecule has 0 saturated heterocycles. The molecule has 0 atom stereocenters. The molecule has 0 aliphatic carbocycles. The number of hydrogen-bond donors (Lipinski definition) is 2. The number of fused-ring (bicyclic) bond motifs is 1. The second-order valence-electron chi connectivity index (χ2n) is 4.64. The average molecular weight is 299 g/mol. The van der Waals surface area contributed by atoms with E-state index in [-0.39, 0.29) is 25.5 Å². The van der Waals surface area contributed by atoms with Crippen LogP contribution in [0.2, 0.25) is 0 Å². The molecule has 21 heavy (non-hydrogen) atoms. The molecule has 5 nitrogen and oxygen atoms in total. The van der Waals surface area contributed by atoms with Crippen molar-refractivity contribution in [1.29, 1.82) is 0 Å². The maximum atomic E-state index is 12.5. The van der Waals surface area contributed by atoms with Gasteiger partial charge in [0.1, 0.15) is 5.58 Å². The van der Waals surface area contributed by atoms with Crippen molar-refractivity contribution in [1.82, 2.24) is 4.90 Å². The zero-order valence-corrected chi connectivity index (χ0v) is 11.1. The van der Waals surface area contributed by atoms with E-state index in [0.717, 1.165) is 5.56 Å². The SMILES string of the molecule is O=C(O)c1cc2cc(CN(CCO)CC(F)F)ccc2o1. The maximum Gasteiger partial charge on any atom is 0.371 e. The van der Waals surface area contributed by atoms with Gasteiger partial charge in [-0.05, 0) is 23.8 Å². The first-order valence-electron chi connectivity index (χ1n) is 6.36. The third-order valence-electron chi connectivity index (χ3n) is 3.01. The van der Waals surface area contributed by atoms with Crippen molar-refractivity contribution in [3.05, 3.63) is 35.6 Å². The summed E-state index contributed by atoms with van der Waals surface area (Å²) in [4.78, 5) is 12.3. The summed E-state index contributed by atoms with van der Waals surface area (Å²) in [7, 11) is 0. The van der Waals surface area contributed by atoms with Crippen molar-refractivity contribution in [2.75, 3.05) is 19.7 Å². The molecule has 2 rings (SSSR count). The van der Waals surface area contributed by atoms with Gasteiger partial charge in [-0.3, -0.25) is 4.90 Å². The first-order valence-corrected chi connectivity index (χ1v) is 6.36. The molecule has 0 unspecified atom stereocenters. The molecule has 1 aromatic heterocycles. The first-order chi connectivity index (χ1) is 9.99. The second kappa shape index (κ2) is 6.64. The minimum Gasteiger partial charge on any atom is -0.475 e. The van der Waals surface area contributed by atoms with E-state index in [4.69, 9.17) is 14.6 Å². The Bertz CT molecular complexity index is 626. The molecule has 2 N–H and O–H groups in total. The second-order valence-corrected chi connectivity index (χ2v) is 4.64. The van der Waals surface area contributed by atoms with Gasteiger partial charge in [0.05, 0.1) is 13.2 Å². The summed E-state index contributed by atoms with van der Waals surface area (Å²) in [6.07, 6.45) is -2.48. The average Bonchev–Trinajstić information content (AvgIpc) is 2.81. The van der Waals surface area contributed by atoms with Gasteiger partial charge in [-0.2, -0.15) is 0 Å². The number of alkyl halides is 2. The maximum absolute atomic E-state index is 12.5. The number of aliphatic hydroxyl groups is 1. The summed E-state index contributed by atoms with van der Waals surface area (Å²) in [5.41, 5.74) is 1.17. The van der Waals surface area contributed by atoms with E-state index in [9.17, 15) is 13.6 Å². The Morgan fingerprint density at radius 2 is 2.10 bits per heavy atom. The minimum atomic E-state index is -2.48. The van der Waals surface area contributed by atoms with Gasteiger partial charge in [-0.15, -0.1) is 0 Å². The lowest BCUT2D eigenvalue weighted by atomic mass is 10.1. The van der Waals surface area contributed by atoms with E-state index in [2.05, 4.69) is 0 Å². The van der Waals surface area contributed by atoms with Gasteiger partial charge in [-0.25, -0.2) is 13.6 Å². The molecular formula is C14H15F2NO4. The highest BCUT2D eigenvalue weighted by Gasteiger charge is 2.14. The number of halogens is 2. The van der Waals surface area contributed by atoms with Crippen molar-refractivity contribution in [3.8, 4) is 0 Å². The number of carboxylic acids is 1. The number of benzene rings is 1. The van der Waals surface area contributed by atoms with Crippen LogP contribution < -0.4 is 0 Å². The predicted molar refractivity (Wildman–Crippen MR) is 71.5 cm³/mol. The Labute approximate surface area is 119 Å². The monoisotopic (exact) mass is 299 g/mol. The van der Waals surface area contributed by atoms with Gasteiger partial charge in [-0.1, -0.05) is 6.07 Å². The van der Waals surface area contributed by atoms with Crippen LogP contribution >= 0.6 is 0 Å². The van der Waals surface area contributed by atoms with Crippen LogP contribution in [0.25, 0.3) is 11.0 Å². The third-order valence-corrected chi connectivity index (χ3v) is 3.01. The Hall–Kier alpha value is -1.99. The summed E-state index contributed by atoms with van der Waals surface area (Å²) in [5, 5.41) is 18.4. The fraction of sp³-hybridized carbons (Fsp3) is 0.357. The van der Waals surface area contributed by atoms with E-state index >= 15 is 0 Å². The van der Waals surface area contributed by atoms with Gasteiger partial charge < -0.3 is 14.6 Å². The topological polar surface area (TPSA) is 73.9 Å². The normalized spacial score (nSPS) is 11.7. The predicted octanol–water partition coefficient (Wildman–Crippen LogP) is 2.19. The molecule has 1 aromatic carbocycles. The van der Waals surface area contributed by atoms with Gasteiger partial charge in [0.25, 0.3) is 6.43 Å². The summed E-state index contributed by atoms with van der Waals surface area (Å²) >= 11 is 0. The molecular weight excluding hydrogens is 284 g/mol. The molecule has 0 aliphatic rings. The van der Waals surface area contributed by atoms with Crippen LogP contribution in [0.4, 0.5) is 8.78 Å². The lowest BCUT2D eigenvalue weighted by molar-refractivity contribution is 0.0664. The number of hydrogen-bond acceptors (Lipinski definition) is 4. The summed E-state index contributed by atoms with van der Waals surface area (Å²) in [6.45, 7) is -0.239. The highest BCUT2D eigenvalue weighted by Crippen LogP contribution is 2.21. The summed E-state index contributed by atoms with van der Waals surface area (Å²) < 4.78 is 30.0. The summed E-state index contributed by atoms with van der Waals surface area (Å²) in [6, 6.07) is 6.38. The van der Waals surface area contributed by atoms with Crippen LogP contribution in [0.5, 0.6) is 0 Å². The number of carboxylic acid groups (broad SMARTS) is 1. The van der Waals surface area contributed by atoms with E-state index in [1.54, 1.807) is 18.2 Å². The van der Waals surface area contributed by atoms with Crippen LogP contribution in [-0.2, 0) is 6.54 Å². The molecule has 0 bridgehead atoms. The molecule has 0 spiro atoms. The number of aromatic carboxylic acids is 1. The zero-order valence-electron chi connectivity index (χ0n) is 11.1. The number of nitrogens with zero attached hydrogens (tertiary/aromatic N) is 1. The van der Waals surface area contributed by atoms with Gasteiger partial charge >= 0.3 is 5.97 Å². The van der Waals surface area contributed by atoms with Crippen molar-refractivity contribution in [2.45, 2.75) is 13.0 Å². The van der Waals surface area contributed by atoms with Crippen LogP contribution in [0.1, 0.15) is 16.1 Å². The van der Waals surface area contributed by atoms with Gasteiger partial charge in [0.2, 0.25) is 5.76 Å². The van der Waals surface area contributed by atoms with Crippen molar-refractivity contribution >= 4 is 16.9 Å². The number of aliphatic hydroxyl groups excluding tert-OH is 1. The van der Waals surface area contributed by atoms with E-state index < -0.39 is 18.9 Å². The molecule has 2 aromatic rings. The third kappa shape index (κ3) is 3.99. The standard InChI is InChI=1S/C14H15F2NO4/c15-13(16)8-17(3-4-18)7-9-1-2-11-10(5-9)6-12(21-11)14(19)20/h1-2,5-6,13,18H,3-4,7-8H2,(H,19,20). The molecule has 0 saturated carbocycles. The molecule has 114 valence electrons. The number of carbonyl (C=O) groups is 1. The van der Waals surface area contributed by atoms with Crippen molar-refractivity contribution in [3.63, 3.8) is 0 Å². The smallest absolute Gasteiger partial charge is 0.371 e. The van der Waals surface area contributed by atoms with Gasteiger partial charge in [0, 0.05) is 18.5 Å². The Morgan fingerprint density at radius 1 is 1.33 bits per heavy atom. The van der Waals surface area contributed by atoms with E-state index in [1.807, 2.05) is 0 Å². The van der Waals surface area contributed by atoms with Crippen molar-refractivity contribution in [2.24, 2.45) is 0 Å². The quantitative estimate of drug-likeness (QED) is 0.820. The highest BCUT2D eigenvalue weighted by molar-refractivity contribution is 5.91.